The minimum absolute atomic E-state index is 0.0374. The van der Waals surface area contributed by atoms with E-state index in [9.17, 15) is 4.79 Å². The number of nitrogens with zero attached hydrogens (tertiary/aromatic N) is 3. The highest BCUT2D eigenvalue weighted by Crippen LogP contribution is 2.11. The molecule has 1 amide bonds. The number of hydrogen-bond donors (Lipinski definition) is 1. The van der Waals surface area contributed by atoms with E-state index in [0.29, 0.717) is 13.0 Å². The highest BCUT2D eigenvalue weighted by Gasteiger charge is 2.09. The highest BCUT2D eigenvalue weighted by atomic mass is 16.1. The Morgan fingerprint density at radius 2 is 2.00 bits per heavy atom. The van der Waals surface area contributed by atoms with Crippen LogP contribution in [0.2, 0.25) is 0 Å². The number of nitrogens with one attached hydrogen (secondary N) is 1. The Morgan fingerprint density at radius 3 is 2.60 bits per heavy atom. The van der Waals surface area contributed by atoms with Gasteiger partial charge in [-0.2, -0.15) is 5.10 Å². The van der Waals surface area contributed by atoms with Gasteiger partial charge in [0.1, 0.15) is 0 Å². The fourth-order valence-electron chi connectivity index (χ4n) is 2.25. The van der Waals surface area contributed by atoms with Crippen molar-refractivity contribution in [3.05, 3.63) is 47.0 Å². The molecule has 1 N–H and O–H groups in total. The Labute approximate surface area is 119 Å². The Morgan fingerprint density at radius 1 is 1.30 bits per heavy atom. The first kappa shape index (κ1) is 14.2. The molecule has 0 aromatic carbocycles. The quantitative estimate of drug-likeness (QED) is 0.893. The number of aromatic nitrogens is 3. The van der Waals surface area contributed by atoms with Crippen LogP contribution in [0.4, 0.5) is 0 Å². The van der Waals surface area contributed by atoms with E-state index < -0.39 is 0 Å². The molecule has 0 unspecified atom stereocenters. The van der Waals surface area contributed by atoms with E-state index in [-0.39, 0.29) is 5.91 Å². The molecule has 0 aliphatic heterocycles. The number of carbonyl (C=O) groups is 1. The van der Waals surface area contributed by atoms with Crippen LogP contribution in [0.15, 0.2) is 24.5 Å². The molecule has 2 aromatic rings. The second-order valence-corrected chi connectivity index (χ2v) is 4.91. The number of aryl methyl sites for hydroxylation is 2. The molecule has 5 heteroatoms. The smallest absolute Gasteiger partial charge is 0.224 e. The molecule has 20 heavy (non-hydrogen) atoms. The van der Waals surface area contributed by atoms with Crippen molar-refractivity contribution in [2.24, 2.45) is 7.05 Å². The van der Waals surface area contributed by atoms with Gasteiger partial charge in [-0.05, 0) is 43.5 Å². The highest BCUT2D eigenvalue weighted by molar-refractivity contribution is 5.78. The molecule has 0 atom stereocenters. The molecule has 0 bridgehead atoms. The van der Waals surface area contributed by atoms with E-state index >= 15 is 0 Å². The van der Waals surface area contributed by atoms with E-state index in [1.807, 2.05) is 37.7 Å². The lowest BCUT2D eigenvalue weighted by Gasteiger charge is -2.06. The van der Waals surface area contributed by atoms with Crippen molar-refractivity contribution in [1.29, 1.82) is 0 Å². The van der Waals surface area contributed by atoms with Gasteiger partial charge in [-0.15, -0.1) is 0 Å². The summed E-state index contributed by atoms with van der Waals surface area (Å²) in [5.74, 6) is 0.0374. The first-order chi connectivity index (χ1) is 9.58. The van der Waals surface area contributed by atoms with Gasteiger partial charge in [0.15, 0.2) is 0 Å². The predicted molar refractivity (Wildman–Crippen MR) is 77.3 cm³/mol. The third kappa shape index (κ3) is 3.44. The predicted octanol–water partition coefficient (Wildman–Crippen LogP) is 1.33. The fourth-order valence-corrected chi connectivity index (χ4v) is 2.25. The normalized spacial score (nSPS) is 10.6. The van der Waals surface area contributed by atoms with Crippen LogP contribution in [0.5, 0.6) is 0 Å². The van der Waals surface area contributed by atoms with E-state index in [0.717, 1.165) is 23.4 Å². The second kappa shape index (κ2) is 6.32. The summed E-state index contributed by atoms with van der Waals surface area (Å²) in [6, 6.07) is 3.71. The fraction of sp³-hybridized carbons (Fsp3) is 0.400. The van der Waals surface area contributed by atoms with Gasteiger partial charge >= 0.3 is 0 Å². The van der Waals surface area contributed by atoms with E-state index in [4.69, 9.17) is 0 Å². The second-order valence-electron chi connectivity index (χ2n) is 4.91. The summed E-state index contributed by atoms with van der Waals surface area (Å²) >= 11 is 0. The van der Waals surface area contributed by atoms with Crippen molar-refractivity contribution in [2.75, 3.05) is 6.54 Å². The summed E-state index contributed by atoms with van der Waals surface area (Å²) in [5.41, 5.74) is 4.39. The zero-order valence-corrected chi connectivity index (χ0v) is 12.2. The van der Waals surface area contributed by atoms with Crippen LogP contribution >= 0.6 is 0 Å². The minimum atomic E-state index is 0.0374. The number of hydrogen-bond acceptors (Lipinski definition) is 3. The lowest BCUT2D eigenvalue weighted by atomic mass is 10.1. The van der Waals surface area contributed by atoms with Gasteiger partial charge in [0.2, 0.25) is 5.91 Å². The van der Waals surface area contributed by atoms with E-state index in [1.165, 1.54) is 5.56 Å². The maximum absolute atomic E-state index is 11.8. The van der Waals surface area contributed by atoms with Crippen LogP contribution in [0, 0.1) is 13.8 Å². The molecule has 2 heterocycles. The molecule has 2 aromatic heterocycles. The molecule has 0 fully saturated rings. The van der Waals surface area contributed by atoms with Crippen LogP contribution in [-0.2, 0) is 24.7 Å². The molecule has 0 radical (unpaired) electrons. The zero-order chi connectivity index (χ0) is 14.5. The molecule has 5 nitrogen and oxygen atoms in total. The minimum Gasteiger partial charge on any atom is -0.355 e. The van der Waals surface area contributed by atoms with Gasteiger partial charge in [0.25, 0.3) is 0 Å². The van der Waals surface area contributed by atoms with Gasteiger partial charge < -0.3 is 5.32 Å². The average molecular weight is 272 g/mol. The molecule has 0 saturated heterocycles. The first-order valence-electron chi connectivity index (χ1n) is 6.72. The summed E-state index contributed by atoms with van der Waals surface area (Å²) in [4.78, 5) is 15.8. The maximum Gasteiger partial charge on any atom is 0.224 e. The summed E-state index contributed by atoms with van der Waals surface area (Å²) in [6.45, 7) is 4.69. The molecule has 0 aliphatic carbocycles. The summed E-state index contributed by atoms with van der Waals surface area (Å²) < 4.78 is 1.88. The maximum atomic E-state index is 11.8. The summed E-state index contributed by atoms with van der Waals surface area (Å²) in [5, 5.41) is 7.32. The zero-order valence-electron chi connectivity index (χ0n) is 12.2. The lowest BCUT2D eigenvalue weighted by Crippen LogP contribution is -2.27. The third-order valence-electron chi connectivity index (χ3n) is 3.47. The van der Waals surface area contributed by atoms with E-state index in [1.54, 1.807) is 12.4 Å². The van der Waals surface area contributed by atoms with Crippen LogP contribution in [-0.4, -0.2) is 27.2 Å². The molecule has 106 valence electrons. The lowest BCUT2D eigenvalue weighted by molar-refractivity contribution is -0.120. The Balaban J connectivity index is 1.82. The van der Waals surface area contributed by atoms with Crippen LogP contribution < -0.4 is 5.32 Å². The number of carbonyl (C=O) groups excluding carboxylic acids is 1. The van der Waals surface area contributed by atoms with E-state index in [2.05, 4.69) is 15.4 Å². The van der Waals surface area contributed by atoms with Gasteiger partial charge in [-0.1, -0.05) is 0 Å². The van der Waals surface area contributed by atoms with Crippen molar-refractivity contribution < 1.29 is 4.79 Å². The van der Waals surface area contributed by atoms with Crippen molar-refractivity contribution >= 4 is 5.91 Å². The molecule has 0 saturated carbocycles. The van der Waals surface area contributed by atoms with Crippen LogP contribution in [0.25, 0.3) is 0 Å². The first-order valence-corrected chi connectivity index (χ1v) is 6.72. The third-order valence-corrected chi connectivity index (χ3v) is 3.47. The van der Waals surface area contributed by atoms with Gasteiger partial charge in [0.05, 0.1) is 12.1 Å². The van der Waals surface area contributed by atoms with Crippen LogP contribution in [0.1, 0.15) is 22.5 Å². The summed E-state index contributed by atoms with van der Waals surface area (Å²) in [7, 11) is 1.94. The molecular weight excluding hydrogens is 252 g/mol. The monoisotopic (exact) mass is 272 g/mol. The SMILES string of the molecule is Cc1nn(C)c(C)c1CCNC(=O)Cc1ccncc1. The van der Waals surface area contributed by atoms with Crippen molar-refractivity contribution in [1.82, 2.24) is 20.1 Å². The topological polar surface area (TPSA) is 59.8 Å². The van der Waals surface area contributed by atoms with Crippen molar-refractivity contribution in [3.63, 3.8) is 0 Å². The Kier molecular flexibility index (Phi) is 4.50. The molecule has 0 spiro atoms. The van der Waals surface area contributed by atoms with Gasteiger partial charge in [-0.3, -0.25) is 14.5 Å². The van der Waals surface area contributed by atoms with Crippen molar-refractivity contribution in [2.45, 2.75) is 26.7 Å². The Bertz CT molecular complexity index is 589. The number of amides is 1. The molecule has 2 rings (SSSR count). The Hall–Kier alpha value is -2.17. The van der Waals surface area contributed by atoms with Gasteiger partial charge in [-0.25, -0.2) is 0 Å². The number of rotatable bonds is 5. The molecular formula is C15H20N4O. The largest absolute Gasteiger partial charge is 0.355 e. The molecule has 0 aliphatic rings. The van der Waals surface area contributed by atoms with Crippen LogP contribution in [0.3, 0.4) is 0 Å². The standard InChI is InChI=1S/C15H20N4O/c1-11-14(12(2)19(3)18-11)6-9-17-15(20)10-13-4-7-16-8-5-13/h4-5,7-8H,6,9-10H2,1-3H3,(H,17,20). The average Bonchev–Trinajstić information content (AvgIpc) is 2.66. The van der Waals surface area contributed by atoms with Gasteiger partial charge in [0, 0.05) is 31.7 Å². The summed E-state index contributed by atoms with van der Waals surface area (Å²) in [6.07, 6.45) is 4.61. The van der Waals surface area contributed by atoms with Crippen molar-refractivity contribution in [3.8, 4) is 0 Å². The number of pyridine rings is 1.